The molecule has 1 aliphatic carbocycles. The molecule has 2 saturated heterocycles. The number of amides is 2. The van der Waals surface area contributed by atoms with Gasteiger partial charge in [0.05, 0.1) is 14.2 Å². The number of piperidine rings is 1. The van der Waals surface area contributed by atoms with Crippen LogP contribution >= 0.6 is 0 Å². The summed E-state index contributed by atoms with van der Waals surface area (Å²) in [4.78, 5) is 18.0. The van der Waals surface area contributed by atoms with E-state index in [1.165, 1.54) is 44.0 Å². The van der Waals surface area contributed by atoms with Gasteiger partial charge in [0.1, 0.15) is 0 Å². The lowest BCUT2D eigenvalue weighted by Gasteiger charge is -2.45. The monoisotopic (exact) mass is 556 g/mol. The lowest BCUT2D eigenvalue weighted by atomic mass is 9.65. The van der Waals surface area contributed by atoms with Crippen molar-refractivity contribution in [2.24, 2.45) is 0 Å². The molecule has 1 saturated carbocycles. The van der Waals surface area contributed by atoms with Crippen molar-refractivity contribution in [1.82, 2.24) is 15.1 Å². The summed E-state index contributed by atoms with van der Waals surface area (Å²) in [6.45, 7) is 5.60. The Kier molecular flexibility index (Phi) is 9.10. The van der Waals surface area contributed by atoms with E-state index in [0.29, 0.717) is 0 Å². The maximum atomic E-state index is 13.6. The van der Waals surface area contributed by atoms with E-state index in [9.17, 15) is 13.6 Å². The molecule has 2 amide bonds. The van der Waals surface area contributed by atoms with Crippen LogP contribution in [0.3, 0.4) is 0 Å². The predicted octanol–water partition coefficient (Wildman–Crippen LogP) is 5.54. The molecule has 9 heteroatoms. The highest BCUT2D eigenvalue weighted by molar-refractivity contribution is 5.89. The quantitative estimate of drug-likeness (QED) is 0.424. The maximum absolute atomic E-state index is 13.6. The van der Waals surface area contributed by atoms with Crippen LogP contribution in [0.5, 0.6) is 11.5 Å². The van der Waals surface area contributed by atoms with Crippen LogP contribution in [0.25, 0.3) is 0 Å². The van der Waals surface area contributed by atoms with Gasteiger partial charge in [-0.1, -0.05) is 12.5 Å². The van der Waals surface area contributed by atoms with Crippen LogP contribution in [-0.4, -0.2) is 74.9 Å². The number of halogens is 2. The van der Waals surface area contributed by atoms with Crippen LogP contribution in [0, 0.1) is 11.6 Å². The smallest absolute Gasteiger partial charge is 0.319 e. The van der Waals surface area contributed by atoms with Crippen molar-refractivity contribution in [3.63, 3.8) is 0 Å². The van der Waals surface area contributed by atoms with Gasteiger partial charge >= 0.3 is 6.03 Å². The third kappa shape index (κ3) is 6.20. The summed E-state index contributed by atoms with van der Waals surface area (Å²) in [5.41, 5.74) is 1.46. The average molecular weight is 557 g/mol. The number of likely N-dealkylation sites (tertiary alicyclic amines) is 2. The van der Waals surface area contributed by atoms with Crippen molar-refractivity contribution in [3.05, 3.63) is 53.6 Å². The number of ether oxygens (including phenoxy) is 2. The molecule has 0 radical (unpaired) electrons. The standard InChI is InChI=1S/C31H42F2N4O3/c1-39-27-10-7-22(19-28(27)40-2)31-12-11-24(35-30(38)34-23-8-9-25(32)26(33)20-23)21-29(31)37(18-13-31)17-6-16-36-14-4-3-5-15-36/h7-10,19-20,24,29H,3-6,11-18,21H2,1-2H3,(H2,34,35,38)/t24-,29+,31-/m0/s1. The van der Waals surface area contributed by atoms with E-state index in [1.807, 2.05) is 6.07 Å². The third-order valence-corrected chi connectivity index (χ3v) is 9.21. The Hall–Kier alpha value is -2.91. The van der Waals surface area contributed by atoms with Crippen molar-refractivity contribution < 1.29 is 23.0 Å². The zero-order valence-corrected chi connectivity index (χ0v) is 23.7. The van der Waals surface area contributed by atoms with Gasteiger partial charge in [-0.3, -0.25) is 4.90 Å². The Bertz CT molecular complexity index is 1180. The third-order valence-electron chi connectivity index (χ3n) is 9.21. The molecule has 218 valence electrons. The minimum absolute atomic E-state index is 0.0220. The van der Waals surface area contributed by atoms with Crippen molar-refractivity contribution in [2.75, 3.05) is 52.3 Å². The molecule has 2 heterocycles. The summed E-state index contributed by atoms with van der Waals surface area (Å²) in [5, 5.41) is 5.77. The van der Waals surface area contributed by atoms with Gasteiger partial charge in [0, 0.05) is 29.3 Å². The molecule has 0 unspecified atom stereocenters. The molecule has 0 bridgehead atoms. The first kappa shape index (κ1) is 28.6. The van der Waals surface area contributed by atoms with E-state index in [2.05, 4.69) is 32.6 Å². The fraction of sp³-hybridized carbons (Fsp3) is 0.581. The molecule has 0 spiro atoms. The van der Waals surface area contributed by atoms with E-state index >= 15 is 0 Å². The number of carbonyl (C=O) groups is 1. The van der Waals surface area contributed by atoms with Gasteiger partial charge < -0.3 is 25.0 Å². The van der Waals surface area contributed by atoms with E-state index in [1.54, 1.807) is 14.2 Å². The van der Waals surface area contributed by atoms with Crippen molar-refractivity contribution in [3.8, 4) is 11.5 Å². The second-order valence-electron chi connectivity index (χ2n) is 11.5. The van der Waals surface area contributed by atoms with E-state index in [-0.39, 0.29) is 23.2 Å². The molecular weight excluding hydrogens is 514 g/mol. The first-order chi connectivity index (χ1) is 19.4. The van der Waals surface area contributed by atoms with Crippen LogP contribution in [0.1, 0.15) is 56.9 Å². The van der Waals surface area contributed by atoms with Crippen LogP contribution in [0.15, 0.2) is 36.4 Å². The molecule has 3 fully saturated rings. The number of nitrogens with one attached hydrogen (secondary N) is 2. The highest BCUT2D eigenvalue weighted by Gasteiger charge is 2.51. The van der Waals surface area contributed by atoms with Crippen LogP contribution in [0.4, 0.5) is 19.3 Å². The summed E-state index contributed by atoms with van der Waals surface area (Å²) in [6, 6.07) is 9.54. The van der Waals surface area contributed by atoms with Crippen molar-refractivity contribution >= 4 is 11.7 Å². The summed E-state index contributed by atoms with van der Waals surface area (Å²) < 4.78 is 38.1. The summed E-state index contributed by atoms with van der Waals surface area (Å²) in [6.07, 6.45) is 8.73. The zero-order chi connectivity index (χ0) is 28.1. The summed E-state index contributed by atoms with van der Waals surface area (Å²) >= 11 is 0. The number of rotatable bonds is 9. The van der Waals surface area contributed by atoms with Crippen LogP contribution in [-0.2, 0) is 5.41 Å². The molecule has 0 aromatic heterocycles. The lowest BCUT2D eigenvalue weighted by molar-refractivity contribution is 0.128. The van der Waals surface area contributed by atoms with Crippen molar-refractivity contribution in [2.45, 2.75) is 68.9 Å². The maximum Gasteiger partial charge on any atom is 0.319 e. The van der Waals surface area contributed by atoms with Gasteiger partial charge in [0.25, 0.3) is 0 Å². The summed E-state index contributed by atoms with van der Waals surface area (Å²) in [7, 11) is 3.32. The fourth-order valence-corrected chi connectivity index (χ4v) is 7.13. The van der Waals surface area contributed by atoms with E-state index < -0.39 is 17.7 Å². The number of urea groups is 1. The van der Waals surface area contributed by atoms with Gasteiger partial charge in [-0.05, 0) is 107 Å². The van der Waals surface area contributed by atoms with Gasteiger partial charge in [0.15, 0.2) is 23.1 Å². The molecule has 5 rings (SSSR count). The zero-order valence-electron chi connectivity index (χ0n) is 23.7. The number of hydrogen-bond donors (Lipinski definition) is 2. The minimum Gasteiger partial charge on any atom is -0.493 e. The Balaban J connectivity index is 1.30. The van der Waals surface area contributed by atoms with Crippen LogP contribution in [0.2, 0.25) is 0 Å². The van der Waals surface area contributed by atoms with Gasteiger partial charge in [-0.2, -0.15) is 0 Å². The first-order valence-electron chi connectivity index (χ1n) is 14.6. The average Bonchev–Trinajstić information content (AvgIpc) is 3.34. The molecule has 7 nitrogen and oxygen atoms in total. The Morgan fingerprint density at radius 2 is 1.75 bits per heavy atom. The second kappa shape index (κ2) is 12.7. The molecule has 2 aromatic rings. The molecule has 40 heavy (non-hydrogen) atoms. The minimum atomic E-state index is -0.985. The highest BCUT2D eigenvalue weighted by Crippen LogP contribution is 2.50. The highest BCUT2D eigenvalue weighted by atomic mass is 19.2. The fourth-order valence-electron chi connectivity index (χ4n) is 7.13. The van der Waals surface area contributed by atoms with Gasteiger partial charge in [-0.25, -0.2) is 13.6 Å². The Labute approximate surface area is 236 Å². The molecular formula is C31H42F2N4O3. The lowest BCUT2D eigenvalue weighted by Crippen LogP contribution is -2.53. The van der Waals surface area contributed by atoms with E-state index in [4.69, 9.17) is 9.47 Å². The molecule has 2 N–H and O–H groups in total. The molecule has 2 aromatic carbocycles. The van der Waals surface area contributed by atoms with Crippen molar-refractivity contribution in [1.29, 1.82) is 0 Å². The molecule has 2 aliphatic heterocycles. The van der Waals surface area contributed by atoms with Gasteiger partial charge in [-0.15, -0.1) is 0 Å². The summed E-state index contributed by atoms with van der Waals surface area (Å²) in [5.74, 6) is -0.463. The predicted molar refractivity (Wildman–Crippen MR) is 152 cm³/mol. The SMILES string of the molecule is COc1ccc([C@@]23CC[C@H](NC(=O)Nc4ccc(F)c(F)c4)C[C@H]2N(CCCN2CCCCC2)CC3)cc1OC. The first-order valence-corrected chi connectivity index (χ1v) is 14.6. The Morgan fingerprint density at radius 3 is 2.50 bits per heavy atom. The molecule has 3 atom stereocenters. The number of methoxy groups -OCH3 is 2. The topological polar surface area (TPSA) is 66.1 Å². The second-order valence-corrected chi connectivity index (χ2v) is 11.5. The van der Waals surface area contributed by atoms with E-state index in [0.717, 1.165) is 75.4 Å². The number of carbonyl (C=O) groups excluding carboxylic acids is 1. The Morgan fingerprint density at radius 1 is 0.950 bits per heavy atom. The number of fused-ring (bicyclic) bond motifs is 1. The number of anilines is 1. The number of benzene rings is 2. The number of hydrogen-bond acceptors (Lipinski definition) is 5. The number of nitrogens with zero attached hydrogens (tertiary/aromatic N) is 2. The molecule has 3 aliphatic rings. The van der Waals surface area contributed by atoms with Gasteiger partial charge in [0.2, 0.25) is 0 Å². The normalized spacial score (nSPS) is 25.3. The van der Waals surface area contributed by atoms with Crippen LogP contribution < -0.4 is 20.1 Å². The largest absolute Gasteiger partial charge is 0.493 e.